The number of amides is 1. The molecule has 0 aliphatic carbocycles. The first-order valence-corrected chi connectivity index (χ1v) is 10.6. The molecule has 3 heterocycles. The molecule has 0 atom stereocenters. The van der Waals surface area contributed by atoms with E-state index in [0.29, 0.717) is 18.2 Å². The lowest BCUT2D eigenvalue weighted by Gasteiger charge is -2.02. The third-order valence-electron chi connectivity index (χ3n) is 4.40. The van der Waals surface area contributed by atoms with Crippen LogP contribution in [0.3, 0.4) is 0 Å². The van der Waals surface area contributed by atoms with E-state index in [-0.39, 0.29) is 5.91 Å². The molecule has 4 aromatic rings. The normalized spacial score (nSPS) is 11.1. The summed E-state index contributed by atoms with van der Waals surface area (Å²) in [5.74, 6) is -0.183. The molecule has 3 aromatic heterocycles. The van der Waals surface area contributed by atoms with Crippen LogP contribution in [0.25, 0.3) is 16.6 Å². The van der Waals surface area contributed by atoms with Gasteiger partial charge in [-0.05, 0) is 34.7 Å². The molecule has 1 amide bonds. The molecule has 1 aromatic carbocycles. The van der Waals surface area contributed by atoms with Crippen molar-refractivity contribution in [1.82, 2.24) is 20.1 Å². The van der Waals surface area contributed by atoms with E-state index in [1.807, 2.05) is 52.7 Å². The summed E-state index contributed by atoms with van der Waals surface area (Å²) in [5.41, 5.74) is 3.82. The number of thiophene rings is 1. The molecule has 4 rings (SSSR count). The number of hydrogen-bond donors (Lipinski definition) is 1. The highest BCUT2D eigenvalue weighted by molar-refractivity contribution is 7.13. The molecule has 0 unspecified atom stereocenters. The van der Waals surface area contributed by atoms with E-state index >= 15 is 0 Å². The van der Waals surface area contributed by atoms with E-state index in [2.05, 4.69) is 22.4 Å². The number of nitrogens with zero attached hydrogens (tertiary/aromatic N) is 3. The Morgan fingerprint density at radius 1 is 1.10 bits per heavy atom. The number of nitrogens with one attached hydrogen (secondary N) is 1. The second kappa shape index (κ2) is 9.52. The maximum absolute atomic E-state index is 12.3. The maximum atomic E-state index is 12.3. The van der Waals surface area contributed by atoms with Crippen molar-refractivity contribution >= 4 is 34.9 Å². The SMILES string of the molecule is O=C(/C=C/c1cn(Cc2ccccc2)nc1-c1cccs1)NCc1ccc(Cl)nc1. The highest BCUT2D eigenvalue weighted by atomic mass is 35.5. The monoisotopic (exact) mass is 434 g/mol. The fourth-order valence-electron chi connectivity index (χ4n) is 2.94. The van der Waals surface area contributed by atoms with Gasteiger partial charge in [0, 0.05) is 30.6 Å². The lowest BCUT2D eigenvalue weighted by molar-refractivity contribution is -0.116. The first-order valence-electron chi connectivity index (χ1n) is 9.39. The zero-order valence-corrected chi connectivity index (χ0v) is 17.6. The molecule has 0 bridgehead atoms. The van der Waals surface area contributed by atoms with Gasteiger partial charge in [-0.15, -0.1) is 11.3 Å². The summed E-state index contributed by atoms with van der Waals surface area (Å²) in [5, 5.41) is 10.1. The topological polar surface area (TPSA) is 59.8 Å². The molecule has 5 nitrogen and oxygen atoms in total. The van der Waals surface area contributed by atoms with Crippen LogP contribution in [-0.2, 0) is 17.9 Å². The van der Waals surface area contributed by atoms with Crippen molar-refractivity contribution in [2.75, 3.05) is 0 Å². The number of rotatable bonds is 7. The third-order valence-corrected chi connectivity index (χ3v) is 5.50. The van der Waals surface area contributed by atoms with E-state index in [4.69, 9.17) is 16.7 Å². The summed E-state index contributed by atoms with van der Waals surface area (Å²) in [7, 11) is 0. The summed E-state index contributed by atoms with van der Waals surface area (Å²) in [6.45, 7) is 1.06. The predicted molar refractivity (Wildman–Crippen MR) is 121 cm³/mol. The van der Waals surface area contributed by atoms with Gasteiger partial charge in [0.05, 0.1) is 11.4 Å². The van der Waals surface area contributed by atoms with Crippen molar-refractivity contribution in [3.63, 3.8) is 0 Å². The Hall–Kier alpha value is -3.22. The number of benzene rings is 1. The minimum absolute atomic E-state index is 0.183. The van der Waals surface area contributed by atoms with Gasteiger partial charge in [0.1, 0.15) is 10.8 Å². The number of carbonyl (C=O) groups is 1. The van der Waals surface area contributed by atoms with Crippen LogP contribution in [0.15, 0.2) is 78.4 Å². The molecule has 0 aliphatic rings. The molecular formula is C23H19ClN4OS. The fourth-order valence-corrected chi connectivity index (χ4v) is 3.78. The third kappa shape index (κ3) is 5.23. The number of pyridine rings is 1. The van der Waals surface area contributed by atoms with Gasteiger partial charge in [-0.3, -0.25) is 9.48 Å². The Labute approximate surface area is 183 Å². The van der Waals surface area contributed by atoms with Crippen LogP contribution in [0.5, 0.6) is 0 Å². The van der Waals surface area contributed by atoms with Crippen molar-refractivity contribution < 1.29 is 4.79 Å². The fraction of sp³-hybridized carbons (Fsp3) is 0.0870. The average Bonchev–Trinajstić information content (AvgIpc) is 3.42. The van der Waals surface area contributed by atoms with E-state index in [1.54, 1.807) is 29.7 Å². The molecule has 1 N–H and O–H groups in total. The van der Waals surface area contributed by atoms with Crippen molar-refractivity contribution in [3.8, 4) is 10.6 Å². The van der Waals surface area contributed by atoms with Gasteiger partial charge in [0.25, 0.3) is 0 Å². The Morgan fingerprint density at radius 2 is 1.97 bits per heavy atom. The summed E-state index contributed by atoms with van der Waals surface area (Å²) in [4.78, 5) is 17.4. The summed E-state index contributed by atoms with van der Waals surface area (Å²) < 4.78 is 1.90. The molecule has 0 fully saturated rings. The highest BCUT2D eigenvalue weighted by Crippen LogP contribution is 2.27. The molecular weight excluding hydrogens is 416 g/mol. The first-order chi connectivity index (χ1) is 14.7. The van der Waals surface area contributed by atoms with Crippen molar-refractivity contribution in [2.45, 2.75) is 13.1 Å². The second-order valence-electron chi connectivity index (χ2n) is 6.63. The second-order valence-corrected chi connectivity index (χ2v) is 7.97. The lowest BCUT2D eigenvalue weighted by atomic mass is 10.2. The summed E-state index contributed by atoms with van der Waals surface area (Å²) in [6, 6.07) is 17.7. The van der Waals surface area contributed by atoms with Crippen LogP contribution in [0.4, 0.5) is 0 Å². The van der Waals surface area contributed by atoms with E-state index < -0.39 is 0 Å². The molecule has 0 saturated heterocycles. The van der Waals surface area contributed by atoms with Gasteiger partial charge in [-0.1, -0.05) is 54.1 Å². The van der Waals surface area contributed by atoms with Crippen LogP contribution in [0.1, 0.15) is 16.7 Å². The predicted octanol–water partition coefficient (Wildman–Crippen LogP) is 5.04. The Bertz CT molecular complexity index is 1140. The Kier molecular flexibility index (Phi) is 6.37. The standard InChI is InChI=1S/C23H19ClN4OS/c24-21-10-8-18(13-25-21)14-26-22(29)11-9-19-16-28(15-17-5-2-1-3-6-17)27-23(19)20-7-4-12-30-20/h1-13,16H,14-15H2,(H,26,29)/b11-9+. The largest absolute Gasteiger partial charge is 0.348 e. The average molecular weight is 435 g/mol. The van der Waals surface area contributed by atoms with Crippen LogP contribution >= 0.6 is 22.9 Å². The highest BCUT2D eigenvalue weighted by Gasteiger charge is 2.11. The molecule has 150 valence electrons. The first kappa shape index (κ1) is 20.1. The van der Waals surface area contributed by atoms with E-state index in [9.17, 15) is 4.79 Å². The van der Waals surface area contributed by atoms with Crippen molar-refractivity contribution in [3.05, 3.63) is 100 Å². The number of aromatic nitrogens is 3. The molecule has 0 spiro atoms. The minimum Gasteiger partial charge on any atom is -0.348 e. The van der Waals surface area contributed by atoms with Gasteiger partial charge in [0.2, 0.25) is 5.91 Å². The minimum atomic E-state index is -0.183. The van der Waals surface area contributed by atoms with Gasteiger partial charge < -0.3 is 5.32 Å². The number of halogens is 1. The quantitative estimate of drug-likeness (QED) is 0.327. The molecule has 30 heavy (non-hydrogen) atoms. The molecule has 0 radical (unpaired) electrons. The van der Waals surface area contributed by atoms with Gasteiger partial charge in [0.15, 0.2) is 0 Å². The zero-order valence-electron chi connectivity index (χ0n) is 16.0. The maximum Gasteiger partial charge on any atom is 0.244 e. The van der Waals surface area contributed by atoms with E-state index in [1.165, 1.54) is 11.6 Å². The Balaban J connectivity index is 1.48. The van der Waals surface area contributed by atoms with Crippen LogP contribution < -0.4 is 5.32 Å². The van der Waals surface area contributed by atoms with E-state index in [0.717, 1.165) is 21.7 Å². The number of hydrogen-bond acceptors (Lipinski definition) is 4. The van der Waals surface area contributed by atoms with Crippen LogP contribution in [0.2, 0.25) is 5.15 Å². The number of carbonyl (C=O) groups excluding carboxylic acids is 1. The van der Waals surface area contributed by atoms with Gasteiger partial charge in [-0.2, -0.15) is 5.10 Å². The van der Waals surface area contributed by atoms with Crippen molar-refractivity contribution in [2.24, 2.45) is 0 Å². The lowest BCUT2D eigenvalue weighted by Crippen LogP contribution is -2.20. The van der Waals surface area contributed by atoms with Crippen LogP contribution in [-0.4, -0.2) is 20.7 Å². The van der Waals surface area contributed by atoms with Crippen molar-refractivity contribution in [1.29, 1.82) is 0 Å². The molecule has 7 heteroatoms. The Morgan fingerprint density at radius 3 is 2.70 bits per heavy atom. The summed E-state index contributed by atoms with van der Waals surface area (Å²) in [6.07, 6.45) is 6.95. The summed E-state index contributed by atoms with van der Waals surface area (Å²) >= 11 is 7.41. The van der Waals surface area contributed by atoms with Gasteiger partial charge >= 0.3 is 0 Å². The molecule has 0 saturated carbocycles. The smallest absolute Gasteiger partial charge is 0.244 e. The zero-order chi connectivity index (χ0) is 20.8. The van der Waals surface area contributed by atoms with Crippen LogP contribution in [0, 0.1) is 0 Å². The van der Waals surface area contributed by atoms with Gasteiger partial charge in [-0.25, -0.2) is 4.98 Å². The molecule has 0 aliphatic heterocycles.